The van der Waals surface area contributed by atoms with Crippen molar-refractivity contribution in [2.45, 2.75) is 142 Å². The van der Waals surface area contributed by atoms with Crippen LogP contribution in [0.25, 0.3) is 0 Å². The van der Waals surface area contributed by atoms with E-state index >= 15 is 0 Å². The Morgan fingerprint density at radius 3 is 1.96 bits per heavy atom. The van der Waals surface area contributed by atoms with Crippen molar-refractivity contribution >= 4 is 29.7 Å². The molecular weight excluding hydrogens is 728 g/mol. The van der Waals surface area contributed by atoms with E-state index in [1.807, 2.05) is 6.92 Å². The summed E-state index contributed by atoms with van der Waals surface area (Å²) in [6.07, 6.45) is 2.27. The number of hydrogen-bond donors (Lipinski definition) is 0. The molecule has 5 rings (SSSR count). The zero-order chi connectivity index (χ0) is 41.7. The molecule has 56 heavy (non-hydrogen) atoms. The number of rotatable bonds is 17. The SMILES string of the molecule is COCC(=O)O[C@@H](C[C@@H](C)[C@]12CC[C@@]3(C)[C@@]1(C[C@H](OC(=O)COC)[C@H]1[C@@]4(C)CCC(=O)C(C)(C)[C@@H]4CC[C@@]13C)O2)[C@@H](OC(=O)COC)C(C)(C)OC(=O)COC. The van der Waals surface area contributed by atoms with Gasteiger partial charge in [-0.1, -0.05) is 41.5 Å². The molecule has 318 valence electrons. The molecule has 0 amide bonds. The minimum atomic E-state index is -1.48. The lowest BCUT2D eigenvalue weighted by atomic mass is 9.34. The summed E-state index contributed by atoms with van der Waals surface area (Å²) in [6, 6.07) is 0. The monoisotopic (exact) mass is 794 g/mol. The smallest absolute Gasteiger partial charge is 0.332 e. The second-order valence-electron chi connectivity index (χ2n) is 18.9. The van der Waals surface area contributed by atoms with Crippen LogP contribution in [0, 0.1) is 39.4 Å². The predicted octanol–water partition coefficient (Wildman–Crippen LogP) is 4.79. The van der Waals surface area contributed by atoms with Crippen LogP contribution in [0.4, 0.5) is 0 Å². The lowest BCUT2D eigenvalue weighted by Gasteiger charge is -2.69. The van der Waals surface area contributed by atoms with E-state index in [4.69, 9.17) is 42.6 Å². The van der Waals surface area contributed by atoms with E-state index in [0.29, 0.717) is 19.3 Å². The first-order valence-electron chi connectivity index (χ1n) is 20.1. The first-order valence-corrected chi connectivity index (χ1v) is 20.1. The number of ketones is 1. The van der Waals surface area contributed by atoms with Crippen molar-refractivity contribution in [3.05, 3.63) is 0 Å². The van der Waals surface area contributed by atoms with Crippen LogP contribution < -0.4 is 0 Å². The third kappa shape index (κ3) is 7.11. The molecule has 1 saturated heterocycles. The van der Waals surface area contributed by atoms with Gasteiger partial charge in [-0.3, -0.25) is 4.79 Å². The van der Waals surface area contributed by atoms with E-state index in [1.165, 1.54) is 28.4 Å². The maximum absolute atomic E-state index is 13.4. The van der Waals surface area contributed by atoms with Crippen molar-refractivity contribution in [2.75, 3.05) is 54.9 Å². The molecule has 0 radical (unpaired) electrons. The second kappa shape index (κ2) is 15.8. The Kier molecular flexibility index (Phi) is 12.6. The Morgan fingerprint density at radius 1 is 0.786 bits per heavy atom. The lowest BCUT2D eigenvalue weighted by molar-refractivity contribution is -0.249. The highest BCUT2D eigenvalue weighted by molar-refractivity contribution is 5.85. The van der Waals surface area contributed by atoms with Gasteiger partial charge in [0.15, 0.2) is 6.10 Å². The molecule has 1 aliphatic heterocycles. The van der Waals surface area contributed by atoms with E-state index in [1.54, 1.807) is 13.8 Å². The van der Waals surface area contributed by atoms with E-state index in [2.05, 4.69) is 34.6 Å². The molecule has 5 aliphatic rings. The van der Waals surface area contributed by atoms with Crippen LogP contribution in [-0.4, -0.2) is 120 Å². The van der Waals surface area contributed by atoms with Crippen molar-refractivity contribution in [1.82, 2.24) is 0 Å². The number of epoxide rings is 1. The van der Waals surface area contributed by atoms with Gasteiger partial charge >= 0.3 is 23.9 Å². The zero-order valence-corrected chi connectivity index (χ0v) is 35.7. The molecule has 0 N–H and O–H groups in total. The number of fused-ring (bicyclic) bond motifs is 4. The summed E-state index contributed by atoms with van der Waals surface area (Å²) >= 11 is 0. The van der Waals surface area contributed by atoms with Crippen LogP contribution in [-0.2, 0) is 66.6 Å². The highest BCUT2D eigenvalue weighted by Crippen LogP contribution is 2.84. The van der Waals surface area contributed by atoms with Gasteiger partial charge in [0.25, 0.3) is 0 Å². The molecule has 4 aliphatic carbocycles. The molecule has 1 heterocycles. The van der Waals surface area contributed by atoms with Crippen LogP contribution in [0.2, 0.25) is 0 Å². The van der Waals surface area contributed by atoms with Crippen molar-refractivity contribution in [3.8, 4) is 0 Å². The molecule has 11 atom stereocenters. The normalized spacial score (nSPS) is 37.1. The number of hydrogen-bond acceptors (Lipinski definition) is 14. The topological polar surface area (TPSA) is 172 Å². The van der Waals surface area contributed by atoms with E-state index < -0.39 is 64.4 Å². The number of esters is 4. The van der Waals surface area contributed by atoms with Gasteiger partial charge in [0.05, 0.1) is 0 Å². The Labute approximate surface area is 332 Å². The van der Waals surface area contributed by atoms with Crippen LogP contribution >= 0.6 is 0 Å². The maximum atomic E-state index is 13.4. The van der Waals surface area contributed by atoms with Gasteiger partial charge in [-0.25, -0.2) is 19.2 Å². The second-order valence-corrected chi connectivity index (χ2v) is 18.9. The molecule has 0 aromatic carbocycles. The summed E-state index contributed by atoms with van der Waals surface area (Å²) in [7, 11) is 5.56. The summed E-state index contributed by atoms with van der Waals surface area (Å²) in [5, 5.41) is 0. The average Bonchev–Trinajstić information content (AvgIpc) is 3.68. The van der Waals surface area contributed by atoms with Gasteiger partial charge < -0.3 is 42.6 Å². The summed E-state index contributed by atoms with van der Waals surface area (Å²) < 4.78 is 51.8. The first kappa shape index (κ1) is 44.5. The molecule has 1 spiro atoms. The zero-order valence-electron chi connectivity index (χ0n) is 35.7. The van der Waals surface area contributed by atoms with Gasteiger partial charge in [0.1, 0.15) is 61.2 Å². The Hall–Kier alpha value is -2.65. The highest BCUT2D eigenvalue weighted by atomic mass is 16.7. The highest BCUT2D eigenvalue weighted by Gasteiger charge is 2.89. The lowest BCUT2D eigenvalue weighted by Crippen LogP contribution is -2.69. The minimum absolute atomic E-state index is 0.0391. The van der Waals surface area contributed by atoms with E-state index in [9.17, 15) is 24.0 Å². The van der Waals surface area contributed by atoms with Crippen molar-refractivity contribution in [2.24, 2.45) is 39.4 Å². The predicted molar refractivity (Wildman–Crippen MR) is 200 cm³/mol. The first-order chi connectivity index (χ1) is 26.1. The Bertz CT molecular complexity index is 1530. The quantitative estimate of drug-likeness (QED) is 0.112. The van der Waals surface area contributed by atoms with Crippen LogP contribution in [0.5, 0.6) is 0 Å². The van der Waals surface area contributed by atoms with E-state index in [0.717, 1.165) is 25.7 Å². The van der Waals surface area contributed by atoms with Gasteiger partial charge in [-0.2, -0.15) is 0 Å². The number of Topliss-reactive ketones (excluding diaryl/α,β-unsaturated/α-hetero) is 1. The molecular formula is C42H66O14. The van der Waals surface area contributed by atoms with Gasteiger partial charge in [0, 0.05) is 58.0 Å². The third-order valence-corrected chi connectivity index (χ3v) is 15.3. The summed E-state index contributed by atoms with van der Waals surface area (Å²) in [5.74, 6) is -2.46. The van der Waals surface area contributed by atoms with Crippen molar-refractivity contribution < 1.29 is 66.6 Å². The van der Waals surface area contributed by atoms with Crippen molar-refractivity contribution in [1.29, 1.82) is 0 Å². The van der Waals surface area contributed by atoms with Crippen LogP contribution in [0.1, 0.15) is 107 Å². The van der Waals surface area contributed by atoms with Gasteiger partial charge in [-0.15, -0.1) is 0 Å². The molecule has 0 aromatic heterocycles. The minimum Gasteiger partial charge on any atom is -0.460 e. The standard InChI is InChI=1S/C42H66O14/c1-25(19-26(52-30(44)21-48-9)35(54-32(46)23-50-11)37(4,5)55-33(47)24-51-12)41-18-17-40(8)39(7)16-13-28-36(2,3)29(43)14-15-38(28,6)34(39)27(20-42(40,41)56-41)53-31(45)22-49-10/h25-28,34-35H,13-24H2,1-12H3/t25-,26+,27+,28+,34+,35-,38+,39+,40-,41-,42-/m1/s1. The Balaban J connectivity index is 1.54. The Morgan fingerprint density at radius 2 is 1.36 bits per heavy atom. The maximum Gasteiger partial charge on any atom is 0.332 e. The molecule has 14 heteroatoms. The summed E-state index contributed by atoms with van der Waals surface area (Å²) in [6.45, 7) is 15.1. The van der Waals surface area contributed by atoms with E-state index in [-0.39, 0.29) is 72.6 Å². The van der Waals surface area contributed by atoms with Crippen LogP contribution in [0.15, 0.2) is 0 Å². The average molecular weight is 795 g/mol. The molecule has 5 fully saturated rings. The van der Waals surface area contributed by atoms with Gasteiger partial charge in [0.2, 0.25) is 0 Å². The third-order valence-electron chi connectivity index (χ3n) is 15.3. The fraction of sp³-hybridized carbons (Fsp3) is 0.881. The number of carbonyl (C=O) groups excluding carboxylic acids is 5. The number of methoxy groups -OCH3 is 4. The van der Waals surface area contributed by atoms with Crippen LogP contribution in [0.3, 0.4) is 0 Å². The molecule has 0 aromatic rings. The molecule has 4 saturated carbocycles. The molecule has 0 unspecified atom stereocenters. The number of carbonyl (C=O) groups is 5. The summed E-state index contributed by atoms with van der Waals surface area (Å²) in [4.78, 5) is 65.6. The fourth-order valence-electron chi connectivity index (χ4n) is 12.8. The summed E-state index contributed by atoms with van der Waals surface area (Å²) in [5.41, 5.74) is -4.33. The largest absolute Gasteiger partial charge is 0.460 e. The van der Waals surface area contributed by atoms with Crippen molar-refractivity contribution in [3.63, 3.8) is 0 Å². The molecule has 0 bridgehead atoms. The number of ether oxygens (including phenoxy) is 9. The molecule has 14 nitrogen and oxygen atoms in total. The van der Waals surface area contributed by atoms with Gasteiger partial charge in [-0.05, 0) is 75.0 Å². The fourth-order valence-corrected chi connectivity index (χ4v) is 12.8.